The van der Waals surface area contributed by atoms with E-state index >= 15 is 0 Å². The summed E-state index contributed by atoms with van der Waals surface area (Å²) in [5.74, 6) is 1.31. The van der Waals surface area contributed by atoms with E-state index in [1.165, 1.54) is 0 Å². The van der Waals surface area contributed by atoms with Crippen molar-refractivity contribution in [1.29, 1.82) is 0 Å². The molecule has 4 nitrogen and oxygen atoms in total. The fourth-order valence-corrected chi connectivity index (χ4v) is 1.78. The number of carbonyl (C=O) groups excluding carboxylic acids is 1. The minimum Gasteiger partial charge on any atom is -0.497 e. The van der Waals surface area contributed by atoms with Gasteiger partial charge in [0.1, 0.15) is 11.5 Å². The molecule has 2 rings (SSSR count). The zero-order chi connectivity index (χ0) is 14.4. The number of hydrogen-bond donors (Lipinski definition) is 1. The molecule has 2 aromatic carbocycles. The molecule has 1 atom stereocenters. The lowest BCUT2D eigenvalue weighted by Gasteiger charge is -2.14. The quantitative estimate of drug-likeness (QED) is 0.925. The van der Waals surface area contributed by atoms with Gasteiger partial charge in [0.2, 0.25) is 0 Å². The van der Waals surface area contributed by atoms with E-state index < -0.39 is 6.09 Å². The number of methoxy groups -OCH3 is 1. The van der Waals surface area contributed by atoms with Crippen LogP contribution in [0.1, 0.15) is 18.5 Å². The Balaban J connectivity index is 1.93. The molecule has 0 bridgehead atoms. The van der Waals surface area contributed by atoms with Crippen LogP contribution in [0.5, 0.6) is 11.5 Å². The van der Waals surface area contributed by atoms with Crippen LogP contribution in [0.25, 0.3) is 0 Å². The molecular formula is C16H17NO3. The molecule has 1 unspecified atom stereocenters. The van der Waals surface area contributed by atoms with Gasteiger partial charge in [-0.25, -0.2) is 4.79 Å². The van der Waals surface area contributed by atoms with Crippen molar-refractivity contribution >= 4 is 6.09 Å². The first-order valence-corrected chi connectivity index (χ1v) is 6.36. The van der Waals surface area contributed by atoms with Gasteiger partial charge in [0, 0.05) is 0 Å². The zero-order valence-electron chi connectivity index (χ0n) is 11.5. The molecule has 0 aromatic heterocycles. The average Bonchev–Trinajstić information content (AvgIpc) is 2.48. The number of rotatable bonds is 4. The Kier molecular flexibility index (Phi) is 4.60. The third-order valence-electron chi connectivity index (χ3n) is 2.90. The summed E-state index contributed by atoms with van der Waals surface area (Å²) < 4.78 is 10.3. The maximum Gasteiger partial charge on any atom is 0.413 e. The lowest BCUT2D eigenvalue weighted by Crippen LogP contribution is -2.29. The first kappa shape index (κ1) is 13.9. The van der Waals surface area contributed by atoms with Gasteiger partial charge in [0.05, 0.1) is 13.2 Å². The van der Waals surface area contributed by atoms with Crippen LogP contribution in [0.4, 0.5) is 4.79 Å². The SMILES string of the molecule is COc1ccc(C(C)NC(=O)Oc2ccccc2)cc1. The average molecular weight is 271 g/mol. The number of amides is 1. The van der Waals surface area contributed by atoms with Crippen molar-refractivity contribution in [1.82, 2.24) is 5.32 Å². The Morgan fingerprint density at radius 1 is 1.00 bits per heavy atom. The zero-order valence-corrected chi connectivity index (χ0v) is 11.5. The van der Waals surface area contributed by atoms with Gasteiger partial charge in [-0.3, -0.25) is 0 Å². The van der Waals surface area contributed by atoms with Crippen molar-refractivity contribution in [2.24, 2.45) is 0 Å². The molecule has 0 spiro atoms. The topological polar surface area (TPSA) is 47.6 Å². The highest BCUT2D eigenvalue weighted by Gasteiger charge is 2.11. The van der Waals surface area contributed by atoms with E-state index in [0.717, 1.165) is 11.3 Å². The summed E-state index contributed by atoms with van der Waals surface area (Å²) in [4.78, 5) is 11.8. The van der Waals surface area contributed by atoms with Gasteiger partial charge in [-0.05, 0) is 36.8 Å². The van der Waals surface area contributed by atoms with Crippen molar-refractivity contribution in [3.63, 3.8) is 0 Å². The van der Waals surface area contributed by atoms with E-state index in [0.29, 0.717) is 5.75 Å². The van der Waals surface area contributed by atoms with Crippen molar-refractivity contribution in [2.75, 3.05) is 7.11 Å². The largest absolute Gasteiger partial charge is 0.497 e. The Morgan fingerprint density at radius 2 is 1.65 bits per heavy atom. The molecule has 2 aromatic rings. The van der Waals surface area contributed by atoms with E-state index in [2.05, 4.69) is 5.32 Å². The van der Waals surface area contributed by atoms with Crippen molar-refractivity contribution in [3.05, 3.63) is 60.2 Å². The van der Waals surface area contributed by atoms with Gasteiger partial charge in [0.25, 0.3) is 0 Å². The molecule has 0 radical (unpaired) electrons. The Bertz CT molecular complexity index is 552. The lowest BCUT2D eigenvalue weighted by atomic mass is 10.1. The highest BCUT2D eigenvalue weighted by molar-refractivity contribution is 5.70. The third kappa shape index (κ3) is 3.75. The fraction of sp³-hybridized carbons (Fsp3) is 0.188. The van der Waals surface area contributed by atoms with Crippen LogP contribution >= 0.6 is 0 Å². The molecule has 104 valence electrons. The van der Waals surface area contributed by atoms with E-state index in [1.54, 1.807) is 19.2 Å². The molecule has 0 heterocycles. The second kappa shape index (κ2) is 6.61. The normalized spacial score (nSPS) is 11.5. The number of benzene rings is 2. The van der Waals surface area contributed by atoms with Crippen molar-refractivity contribution in [3.8, 4) is 11.5 Å². The summed E-state index contributed by atoms with van der Waals surface area (Å²) in [7, 11) is 1.62. The highest BCUT2D eigenvalue weighted by atomic mass is 16.6. The maximum absolute atomic E-state index is 11.8. The molecule has 0 aliphatic carbocycles. The van der Waals surface area contributed by atoms with Gasteiger partial charge < -0.3 is 14.8 Å². The molecular weight excluding hydrogens is 254 g/mol. The third-order valence-corrected chi connectivity index (χ3v) is 2.90. The standard InChI is InChI=1S/C16H17NO3/c1-12(13-8-10-14(19-2)11-9-13)17-16(18)20-15-6-4-3-5-7-15/h3-12H,1-2H3,(H,17,18). The van der Waals surface area contributed by atoms with Crippen LogP contribution in [-0.4, -0.2) is 13.2 Å². The summed E-state index contributed by atoms with van der Waals surface area (Å²) in [5.41, 5.74) is 0.982. The molecule has 4 heteroatoms. The summed E-state index contributed by atoms with van der Waals surface area (Å²) >= 11 is 0. The maximum atomic E-state index is 11.8. The molecule has 20 heavy (non-hydrogen) atoms. The number of hydrogen-bond acceptors (Lipinski definition) is 3. The van der Waals surface area contributed by atoms with Gasteiger partial charge in [-0.1, -0.05) is 30.3 Å². The van der Waals surface area contributed by atoms with Crippen LogP contribution < -0.4 is 14.8 Å². The molecule has 0 aliphatic rings. The van der Waals surface area contributed by atoms with E-state index in [9.17, 15) is 4.79 Å². The predicted molar refractivity (Wildman–Crippen MR) is 77.0 cm³/mol. The highest BCUT2D eigenvalue weighted by Crippen LogP contribution is 2.17. The van der Waals surface area contributed by atoms with E-state index in [-0.39, 0.29) is 6.04 Å². The number of ether oxygens (including phenoxy) is 2. The molecule has 0 saturated carbocycles. The van der Waals surface area contributed by atoms with Gasteiger partial charge >= 0.3 is 6.09 Å². The molecule has 0 aliphatic heterocycles. The Hall–Kier alpha value is -2.49. The van der Waals surface area contributed by atoms with Gasteiger partial charge in [-0.15, -0.1) is 0 Å². The molecule has 1 amide bonds. The Labute approximate surface area is 118 Å². The second-order valence-electron chi connectivity index (χ2n) is 4.34. The minimum absolute atomic E-state index is 0.142. The van der Waals surface area contributed by atoms with Gasteiger partial charge in [0.15, 0.2) is 0 Å². The smallest absolute Gasteiger partial charge is 0.413 e. The first-order chi connectivity index (χ1) is 9.69. The lowest BCUT2D eigenvalue weighted by molar-refractivity contribution is 0.197. The van der Waals surface area contributed by atoms with Crippen LogP contribution in [0.15, 0.2) is 54.6 Å². The summed E-state index contributed by atoms with van der Waals surface area (Å²) in [6.07, 6.45) is -0.473. The first-order valence-electron chi connectivity index (χ1n) is 6.36. The summed E-state index contributed by atoms with van der Waals surface area (Å²) in [6.45, 7) is 1.90. The van der Waals surface area contributed by atoms with E-state index in [4.69, 9.17) is 9.47 Å². The van der Waals surface area contributed by atoms with Crippen LogP contribution in [0, 0.1) is 0 Å². The number of nitrogens with one attached hydrogen (secondary N) is 1. The molecule has 0 saturated heterocycles. The Morgan fingerprint density at radius 3 is 2.25 bits per heavy atom. The second-order valence-corrected chi connectivity index (χ2v) is 4.34. The summed E-state index contributed by atoms with van der Waals surface area (Å²) in [6, 6.07) is 16.4. The molecule has 0 fully saturated rings. The van der Waals surface area contributed by atoms with Crippen LogP contribution in [0.2, 0.25) is 0 Å². The number of para-hydroxylation sites is 1. The van der Waals surface area contributed by atoms with Crippen LogP contribution in [-0.2, 0) is 0 Å². The monoisotopic (exact) mass is 271 g/mol. The van der Waals surface area contributed by atoms with Crippen molar-refractivity contribution < 1.29 is 14.3 Å². The predicted octanol–water partition coefficient (Wildman–Crippen LogP) is 3.54. The fourth-order valence-electron chi connectivity index (χ4n) is 1.78. The molecule has 1 N–H and O–H groups in total. The number of carbonyl (C=O) groups is 1. The van der Waals surface area contributed by atoms with Gasteiger partial charge in [-0.2, -0.15) is 0 Å². The minimum atomic E-state index is -0.473. The van der Waals surface area contributed by atoms with E-state index in [1.807, 2.05) is 49.4 Å². The van der Waals surface area contributed by atoms with Crippen LogP contribution in [0.3, 0.4) is 0 Å². The van der Waals surface area contributed by atoms with Crippen molar-refractivity contribution in [2.45, 2.75) is 13.0 Å². The summed E-state index contributed by atoms with van der Waals surface area (Å²) in [5, 5.41) is 2.78.